The summed E-state index contributed by atoms with van der Waals surface area (Å²) in [7, 11) is 0. The first-order valence-corrected chi connectivity index (χ1v) is 7.92. The monoisotopic (exact) mass is 314 g/mol. The van der Waals surface area contributed by atoms with Gasteiger partial charge in [-0.25, -0.2) is 0 Å². The molecule has 1 saturated heterocycles. The zero-order valence-corrected chi connectivity index (χ0v) is 13.6. The number of nitrogens with zero attached hydrogens (tertiary/aromatic N) is 2. The zero-order chi connectivity index (χ0) is 15.9. The maximum Gasteiger partial charge on any atom is 0.0999 e. The number of rotatable bonds is 8. The molecule has 1 fully saturated rings. The highest BCUT2D eigenvalue weighted by Gasteiger charge is 2.09. The predicted molar refractivity (Wildman–Crippen MR) is 86.8 cm³/mol. The quantitative estimate of drug-likeness (QED) is 0.491. The molecular weight excluding hydrogens is 284 g/mol. The molecule has 0 unspecified atom stereocenters. The van der Waals surface area contributed by atoms with Crippen molar-refractivity contribution < 1.29 is 18.9 Å². The fourth-order valence-corrected chi connectivity index (χ4v) is 2.18. The van der Waals surface area contributed by atoms with Gasteiger partial charge in [-0.2, -0.15) is 0 Å². The van der Waals surface area contributed by atoms with E-state index in [0.29, 0.717) is 13.2 Å². The summed E-state index contributed by atoms with van der Waals surface area (Å²) in [6.45, 7) is 16.6. The van der Waals surface area contributed by atoms with Gasteiger partial charge in [-0.1, -0.05) is 13.2 Å². The van der Waals surface area contributed by atoms with Gasteiger partial charge in [0.2, 0.25) is 0 Å². The van der Waals surface area contributed by atoms with Crippen molar-refractivity contribution in [2.75, 3.05) is 78.9 Å². The Balaban J connectivity index is 2.26. The Morgan fingerprint density at radius 1 is 0.727 bits per heavy atom. The van der Waals surface area contributed by atoms with Crippen molar-refractivity contribution in [3.8, 4) is 0 Å². The Labute approximate surface area is 134 Å². The van der Waals surface area contributed by atoms with Gasteiger partial charge in [0.05, 0.1) is 52.2 Å². The minimum absolute atomic E-state index is 0.653. The van der Waals surface area contributed by atoms with Gasteiger partial charge in [-0.3, -0.25) is 9.80 Å². The van der Waals surface area contributed by atoms with Crippen molar-refractivity contribution in [1.29, 1.82) is 0 Å². The summed E-state index contributed by atoms with van der Waals surface area (Å²) in [4.78, 5) is 4.58. The molecule has 0 atom stereocenters. The van der Waals surface area contributed by atoms with E-state index in [0.717, 1.165) is 65.7 Å². The van der Waals surface area contributed by atoms with E-state index in [2.05, 4.69) is 23.0 Å². The fraction of sp³-hybridized carbons (Fsp3) is 0.750. The van der Waals surface area contributed by atoms with Gasteiger partial charge in [-0.05, 0) is 0 Å². The SMILES string of the molecule is C=COCCN1CCOCCN(CCOC=C)CCOCC1. The Hall–Kier alpha value is -1.08. The molecule has 0 aromatic rings. The molecule has 22 heavy (non-hydrogen) atoms. The highest BCUT2D eigenvalue weighted by Crippen LogP contribution is 1.96. The van der Waals surface area contributed by atoms with Crippen LogP contribution in [0.2, 0.25) is 0 Å². The maximum atomic E-state index is 5.73. The molecule has 6 heteroatoms. The topological polar surface area (TPSA) is 43.4 Å². The van der Waals surface area contributed by atoms with Crippen molar-refractivity contribution >= 4 is 0 Å². The number of hydrogen-bond acceptors (Lipinski definition) is 6. The Morgan fingerprint density at radius 2 is 1.09 bits per heavy atom. The second kappa shape index (κ2) is 13.6. The highest BCUT2D eigenvalue weighted by molar-refractivity contribution is 4.62. The average Bonchev–Trinajstić information content (AvgIpc) is 2.51. The summed E-state index contributed by atoms with van der Waals surface area (Å²) >= 11 is 0. The Morgan fingerprint density at radius 3 is 1.41 bits per heavy atom. The lowest BCUT2D eigenvalue weighted by Gasteiger charge is -2.25. The van der Waals surface area contributed by atoms with Crippen LogP contribution in [0.4, 0.5) is 0 Å². The lowest BCUT2D eigenvalue weighted by molar-refractivity contribution is 0.0294. The fourth-order valence-electron chi connectivity index (χ4n) is 2.18. The van der Waals surface area contributed by atoms with Crippen LogP contribution in [0, 0.1) is 0 Å². The lowest BCUT2D eigenvalue weighted by Crippen LogP contribution is -2.38. The normalized spacial score (nSPS) is 19.6. The van der Waals surface area contributed by atoms with Crippen LogP contribution in [-0.4, -0.2) is 88.7 Å². The Kier molecular flexibility index (Phi) is 11.7. The highest BCUT2D eigenvalue weighted by atomic mass is 16.5. The summed E-state index contributed by atoms with van der Waals surface area (Å²) in [5.74, 6) is 0. The van der Waals surface area contributed by atoms with Crippen molar-refractivity contribution in [3.63, 3.8) is 0 Å². The van der Waals surface area contributed by atoms with E-state index in [9.17, 15) is 0 Å². The van der Waals surface area contributed by atoms with Gasteiger partial charge in [0, 0.05) is 39.3 Å². The third-order valence-electron chi connectivity index (χ3n) is 3.49. The average molecular weight is 314 g/mol. The molecule has 0 aliphatic carbocycles. The van der Waals surface area contributed by atoms with Crippen LogP contribution >= 0.6 is 0 Å². The minimum atomic E-state index is 0.653. The van der Waals surface area contributed by atoms with Crippen LogP contribution in [0.25, 0.3) is 0 Å². The number of hydrogen-bond donors (Lipinski definition) is 0. The molecule has 1 aliphatic heterocycles. The van der Waals surface area contributed by atoms with E-state index in [-0.39, 0.29) is 0 Å². The zero-order valence-electron chi connectivity index (χ0n) is 13.6. The molecule has 1 rings (SSSR count). The molecule has 0 bridgehead atoms. The van der Waals surface area contributed by atoms with E-state index in [1.54, 1.807) is 0 Å². The van der Waals surface area contributed by atoms with Gasteiger partial charge < -0.3 is 18.9 Å². The van der Waals surface area contributed by atoms with Crippen LogP contribution < -0.4 is 0 Å². The molecule has 0 aromatic carbocycles. The molecular formula is C16H30N2O4. The van der Waals surface area contributed by atoms with Crippen LogP contribution in [0.1, 0.15) is 0 Å². The third kappa shape index (κ3) is 9.78. The lowest BCUT2D eigenvalue weighted by atomic mass is 10.4. The first-order valence-electron chi connectivity index (χ1n) is 7.92. The van der Waals surface area contributed by atoms with Gasteiger partial charge in [0.25, 0.3) is 0 Å². The summed E-state index contributed by atoms with van der Waals surface area (Å²) in [5.41, 5.74) is 0. The largest absolute Gasteiger partial charge is 0.500 e. The maximum absolute atomic E-state index is 5.73. The van der Waals surface area contributed by atoms with E-state index in [1.807, 2.05) is 0 Å². The van der Waals surface area contributed by atoms with Crippen molar-refractivity contribution in [2.24, 2.45) is 0 Å². The predicted octanol–water partition coefficient (Wildman–Crippen LogP) is 0.957. The van der Waals surface area contributed by atoms with E-state index < -0.39 is 0 Å². The molecule has 0 amide bonds. The molecule has 128 valence electrons. The van der Waals surface area contributed by atoms with Gasteiger partial charge in [0.15, 0.2) is 0 Å². The molecule has 0 aromatic heterocycles. The van der Waals surface area contributed by atoms with Crippen LogP contribution in [0.5, 0.6) is 0 Å². The second-order valence-electron chi connectivity index (χ2n) is 4.98. The smallest absolute Gasteiger partial charge is 0.0999 e. The first kappa shape index (κ1) is 19.0. The van der Waals surface area contributed by atoms with Gasteiger partial charge in [-0.15, -0.1) is 0 Å². The summed E-state index contributed by atoms with van der Waals surface area (Å²) in [5, 5.41) is 0. The van der Waals surface area contributed by atoms with Gasteiger partial charge >= 0.3 is 0 Å². The van der Waals surface area contributed by atoms with Gasteiger partial charge in [0.1, 0.15) is 0 Å². The van der Waals surface area contributed by atoms with Crippen molar-refractivity contribution in [3.05, 3.63) is 25.7 Å². The van der Waals surface area contributed by atoms with E-state index >= 15 is 0 Å². The van der Waals surface area contributed by atoms with Crippen molar-refractivity contribution in [2.45, 2.75) is 0 Å². The summed E-state index contributed by atoms with van der Waals surface area (Å²) < 4.78 is 21.8. The van der Waals surface area contributed by atoms with Crippen molar-refractivity contribution in [1.82, 2.24) is 9.80 Å². The summed E-state index contributed by atoms with van der Waals surface area (Å²) in [6.07, 6.45) is 2.96. The molecule has 1 aliphatic rings. The van der Waals surface area contributed by atoms with Crippen LogP contribution in [0.3, 0.4) is 0 Å². The molecule has 0 N–H and O–H groups in total. The van der Waals surface area contributed by atoms with Crippen LogP contribution in [-0.2, 0) is 18.9 Å². The third-order valence-corrected chi connectivity index (χ3v) is 3.49. The van der Waals surface area contributed by atoms with Crippen LogP contribution in [0.15, 0.2) is 25.7 Å². The molecule has 6 nitrogen and oxygen atoms in total. The van der Waals surface area contributed by atoms with E-state index in [1.165, 1.54) is 12.5 Å². The first-order chi connectivity index (χ1) is 10.9. The standard InChI is InChI=1S/C16H30N2O4/c1-3-19-11-5-17-7-13-21-15-9-18(6-12-20-4-2)10-16-22-14-8-17/h3-4H,1-2,5-16H2. The Bertz CT molecular complexity index is 249. The molecule has 0 saturated carbocycles. The number of ether oxygens (including phenoxy) is 4. The minimum Gasteiger partial charge on any atom is -0.500 e. The second-order valence-corrected chi connectivity index (χ2v) is 4.98. The summed E-state index contributed by atoms with van der Waals surface area (Å²) in [6, 6.07) is 0. The molecule has 0 radical (unpaired) electrons. The molecule has 0 spiro atoms. The molecule has 1 heterocycles. The van der Waals surface area contributed by atoms with E-state index in [4.69, 9.17) is 18.9 Å².